The Balaban J connectivity index is 0.998. The van der Waals surface area contributed by atoms with E-state index in [9.17, 15) is 0 Å². The van der Waals surface area contributed by atoms with Crippen LogP contribution in [0.3, 0.4) is 0 Å². The monoisotopic (exact) mass is 759 g/mol. The summed E-state index contributed by atoms with van der Waals surface area (Å²) in [5.74, 6) is 1.19. The summed E-state index contributed by atoms with van der Waals surface area (Å²) in [6.07, 6.45) is 0.843. The molecule has 0 unspecified atom stereocenters. The summed E-state index contributed by atoms with van der Waals surface area (Å²) in [6, 6.07) is 68.7. The smallest absolute Gasteiger partial charge is 0.161 e. The molecule has 0 atom stereocenters. The fourth-order valence-electron chi connectivity index (χ4n) is 8.49. The molecule has 282 valence electrons. The number of benzene rings is 8. The van der Waals surface area contributed by atoms with E-state index in [1.807, 2.05) is 48.5 Å². The molecule has 59 heavy (non-hydrogen) atoms. The lowest BCUT2D eigenvalue weighted by Crippen LogP contribution is -2.10. The first kappa shape index (κ1) is 35.8. The predicted molar refractivity (Wildman–Crippen MR) is 248 cm³/mol. The molecular weight excluding hydrogens is 719 g/mol. The second-order valence-corrected chi connectivity index (χ2v) is 15.0. The van der Waals surface area contributed by atoms with Gasteiger partial charge in [0.05, 0.1) is 17.6 Å². The van der Waals surface area contributed by atoms with E-state index in [2.05, 4.69) is 174 Å². The first-order valence-electron chi connectivity index (χ1n) is 20.0. The molecule has 0 saturated heterocycles. The van der Waals surface area contributed by atoms with Crippen LogP contribution < -0.4 is 4.90 Å². The van der Waals surface area contributed by atoms with Crippen molar-refractivity contribution in [3.8, 4) is 27.9 Å². The van der Waals surface area contributed by atoms with Gasteiger partial charge < -0.3 is 9.47 Å². The SMILES string of the molecule is C=NC(=NC(=NCc1ccccc1)c1ccc2c(c1)Cc1ccc(N(C)c3ccccc3-c3ccc4c5ccccc5n(-c5ccccc5)c4c3)cc1-2)c1ccccc1. The molecule has 1 heterocycles. The number of aliphatic imine (C=N–C) groups is 3. The van der Waals surface area contributed by atoms with E-state index in [4.69, 9.17) is 9.98 Å². The first-order valence-corrected chi connectivity index (χ1v) is 20.0. The van der Waals surface area contributed by atoms with Crippen LogP contribution in [0, 0.1) is 0 Å². The molecular formula is C54H41N5. The summed E-state index contributed by atoms with van der Waals surface area (Å²) in [6.45, 7) is 4.36. The second kappa shape index (κ2) is 15.4. The van der Waals surface area contributed by atoms with Crippen LogP contribution in [-0.4, -0.2) is 30.0 Å². The van der Waals surface area contributed by atoms with Gasteiger partial charge in [0.15, 0.2) is 11.7 Å². The van der Waals surface area contributed by atoms with Gasteiger partial charge in [-0.2, -0.15) is 0 Å². The van der Waals surface area contributed by atoms with E-state index in [1.54, 1.807) is 0 Å². The highest BCUT2D eigenvalue weighted by molar-refractivity contribution is 6.13. The minimum Gasteiger partial charge on any atom is -0.344 e. The highest BCUT2D eigenvalue weighted by Crippen LogP contribution is 2.43. The van der Waals surface area contributed by atoms with Crippen molar-refractivity contribution < 1.29 is 0 Å². The second-order valence-electron chi connectivity index (χ2n) is 15.0. The molecule has 1 aliphatic carbocycles. The average Bonchev–Trinajstić information content (AvgIpc) is 3.84. The van der Waals surface area contributed by atoms with E-state index < -0.39 is 0 Å². The molecule has 0 spiro atoms. The van der Waals surface area contributed by atoms with E-state index in [0.29, 0.717) is 18.2 Å². The maximum atomic E-state index is 5.04. The largest absolute Gasteiger partial charge is 0.344 e. The van der Waals surface area contributed by atoms with E-state index in [0.717, 1.165) is 40.2 Å². The maximum Gasteiger partial charge on any atom is 0.161 e. The van der Waals surface area contributed by atoms with Crippen LogP contribution >= 0.6 is 0 Å². The fraction of sp³-hybridized carbons (Fsp3) is 0.0556. The molecule has 0 N–H and O–H groups in total. The molecule has 1 aliphatic rings. The van der Waals surface area contributed by atoms with Crippen LogP contribution in [0.5, 0.6) is 0 Å². The molecule has 0 aliphatic heterocycles. The highest BCUT2D eigenvalue weighted by Gasteiger charge is 2.22. The molecule has 0 amide bonds. The molecule has 5 nitrogen and oxygen atoms in total. The van der Waals surface area contributed by atoms with E-state index in [-0.39, 0.29) is 0 Å². The molecule has 0 radical (unpaired) electrons. The molecule has 0 saturated carbocycles. The Morgan fingerprint density at radius 1 is 0.559 bits per heavy atom. The van der Waals surface area contributed by atoms with E-state index in [1.165, 1.54) is 55.2 Å². The molecule has 8 aromatic carbocycles. The standard InChI is InChI=1S/C54H41N5/c1-55-53(38-18-8-4-9-19-38)57-54(56-36-37-16-6-3-7-17-37)41-28-30-45-42(33-41)32-39-26-29-44(35-49(39)45)58(2)50-24-14-12-22-46(50)40-27-31-48-47-23-13-15-25-51(47)59(52(48)34-40)43-20-10-5-11-21-43/h3-31,33-35H,1,32,36H2,2H3. The van der Waals surface area contributed by atoms with Crippen molar-refractivity contribution in [1.82, 2.24) is 4.57 Å². The number of fused-ring (bicyclic) bond motifs is 6. The van der Waals surface area contributed by atoms with Crippen molar-refractivity contribution in [1.29, 1.82) is 0 Å². The van der Waals surface area contributed by atoms with Crippen molar-refractivity contribution in [2.75, 3.05) is 11.9 Å². The Bertz CT molecular complexity index is 3070. The third-order valence-electron chi connectivity index (χ3n) is 11.4. The zero-order chi connectivity index (χ0) is 39.7. The quantitative estimate of drug-likeness (QED) is 0.112. The van der Waals surface area contributed by atoms with Crippen LogP contribution in [-0.2, 0) is 13.0 Å². The highest BCUT2D eigenvalue weighted by atomic mass is 15.1. The van der Waals surface area contributed by atoms with Crippen LogP contribution in [0.15, 0.2) is 209 Å². The Morgan fingerprint density at radius 2 is 1.27 bits per heavy atom. The van der Waals surface area contributed by atoms with Crippen molar-refractivity contribution in [3.05, 3.63) is 222 Å². The normalized spacial score (nSPS) is 12.4. The minimum atomic E-state index is 0.512. The van der Waals surface area contributed by atoms with Gasteiger partial charge in [0.1, 0.15) is 0 Å². The number of para-hydroxylation sites is 3. The summed E-state index contributed by atoms with van der Waals surface area (Å²) in [4.78, 5) is 16.7. The fourth-order valence-corrected chi connectivity index (χ4v) is 8.49. The maximum absolute atomic E-state index is 5.04. The Hall–Kier alpha value is -7.63. The van der Waals surface area contributed by atoms with Gasteiger partial charge in [-0.1, -0.05) is 146 Å². The van der Waals surface area contributed by atoms with Crippen molar-refractivity contribution in [2.45, 2.75) is 13.0 Å². The third kappa shape index (κ3) is 6.73. The van der Waals surface area contributed by atoms with Crippen LogP contribution in [0.1, 0.15) is 27.8 Å². The Kier molecular flexibility index (Phi) is 9.32. The van der Waals surface area contributed by atoms with Gasteiger partial charge in [-0.15, -0.1) is 0 Å². The van der Waals surface area contributed by atoms with Crippen molar-refractivity contribution in [3.63, 3.8) is 0 Å². The van der Waals surface area contributed by atoms with Gasteiger partial charge >= 0.3 is 0 Å². The number of anilines is 2. The molecule has 9 aromatic rings. The lowest BCUT2D eigenvalue weighted by molar-refractivity contribution is 1.06. The number of amidine groups is 2. The molecule has 1 aromatic heterocycles. The van der Waals surface area contributed by atoms with Crippen molar-refractivity contribution >= 4 is 51.6 Å². The summed E-state index contributed by atoms with van der Waals surface area (Å²) in [5, 5.41) is 2.50. The van der Waals surface area contributed by atoms with E-state index >= 15 is 0 Å². The average molecular weight is 760 g/mol. The number of rotatable bonds is 8. The number of aromatic nitrogens is 1. The summed E-state index contributed by atoms with van der Waals surface area (Å²) < 4.78 is 2.38. The molecule has 0 bridgehead atoms. The number of hydrogen-bond donors (Lipinski definition) is 0. The molecule has 0 fully saturated rings. The topological polar surface area (TPSA) is 45.2 Å². The Labute approximate surface area is 344 Å². The van der Waals surface area contributed by atoms with Crippen LogP contribution in [0.2, 0.25) is 0 Å². The lowest BCUT2D eigenvalue weighted by atomic mass is 10.00. The zero-order valence-corrected chi connectivity index (χ0v) is 32.8. The van der Waals surface area contributed by atoms with Gasteiger partial charge in [0.25, 0.3) is 0 Å². The Morgan fingerprint density at radius 3 is 2.08 bits per heavy atom. The van der Waals surface area contributed by atoms with Gasteiger partial charge in [-0.05, 0) is 95.0 Å². The first-order chi connectivity index (χ1) is 29.1. The van der Waals surface area contributed by atoms with Crippen LogP contribution in [0.4, 0.5) is 11.4 Å². The lowest BCUT2D eigenvalue weighted by Gasteiger charge is -2.24. The molecule has 10 rings (SSSR count). The zero-order valence-electron chi connectivity index (χ0n) is 32.8. The van der Waals surface area contributed by atoms with Gasteiger partial charge in [0.2, 0.25) is 0 Å². The van der Waals surface area contributed by atoms with Gasteiger partial charge in [-0.3, -0.25) is 4.99 Å². The van der Waals surface area contributed by atoms with Crippen LogP contribution in [0.25, 0.3) is 49.7 Å². The minimum absolute atomic E-state index is 0.512. The summed E-state index contributed by atoms with van der Waals surface area (Å²) in [5.41, 5.74) is 16.2. The predicted octanol–water partition coefficient (Wildman–Crippen LogP) is 12.9. The summed E-state index contributed by atoms with van der Waals surface area (Å²) >= 11 is 0. The summed E-state index contributed by atoms with van der Waals surface area (Å²) in [7, 11) is 2.17. The number of hydrogen-bond acceptors (Lipinski definition) is 2. The third-order valence-corrected chi connectivity index (χ3v) is 11.4. The molecule has 5 heteroatoms. The van der Waals surface area contributed by atoms with Gasteiger partial charge in [0, 0.05) is 51.6 Å². The van der Waals surface area contributed by atoms with Gasteiger partial charge in [-0.25, -0.2) is 9.98 Å². The van der Waals surface area contributed by atoms with Crippen molar-refractivity contribution in [2.24, 2.45) is 15.0 Å². The number of nitrogens with zero attached hydrogens (tertiary/aromatic N) is 5.